The summed E-state index contributed by atoms with van der Waals surface area (Å²) in [6.45, 7) is 2.32. The van der Waals surface area contributed by atoms with Crippen LogP contribution in [0.25, 0.3) is 22.3 Å². The number of hydrogen-bond acceptors (Lipinski definition) is 4. The zero-order valence-corrected chi connectivity index (χ0v) is 19.6. The van der Waals surface area contributed by atoms with Crippen LogP contribution >= 0.6 is 34.8 Å². The monoisotopic (exact) mass is 495 g/mol. The highest BCUT2D eigenvalue weighted by Gasteiger charge is 2.27. The van der Waals surface area contributed by atoms with Crippen molar-refractivity contribution in [3.63, 3.8) is 0 Å². The molecule has 0 spiro atoms. The van der Waals surface area contributed by atoms with Crippen molar-refractivity contribution < 1.29 is 9.32 Å². The van der Waals surface area contributed by atoms with Crippen LogP contribution in [0.15, 0.2) is 71.3 Å². The number of aryl methyl sites for hydroxylation is 1. The number of rotatable bonds is 5. The van der Waals surface area contributed by atoms with Crippen LogP contribution in [0, 0.1) is 6.92 Å². The van der Waals surface area contributed by atoms with E-state index in [4.69, 9.17) is 39.3 Å². The second kappa shape index (κ2) is 8.67. The number of ketones is 1. The van der Waals surface area contributed by atoms with Crippen LogP contribution in [0.3, 0.4) is 0 Å². The van der Waals surface area contributed by atoms with E-state index in [2.05, 4.69) is 10.1 Å². The number of fused-ring (bicyclic) bond motifs is 1. The Morgan fingerprint density at radius 2 is 1.79 bits per heavy atom. The minimum Gasteiger partial charge on any atom is -0.330 e. The molecule has 0 saturated heterocycles. The highest BCUT2D eigenvalue weighted by Crippen LogP contribution is 2.34. The van der Waals surface area contributed by atoms with Crippen molar-refractivity contribution in [3.05, 3.63) is 105 Å². The summed E-state index contributed by atoms with van der Waals surface area (Å²) >= 11 is 19.2. The summed E-state index contributed by atoms with van der Waals surface area (Å²) < 4.78 is 7.16. The summed E-state index contributed by atoms with van der Waals surface area (Å²) in [5.41, 5.74) is 3.67. The van der Waals surface area contributed by atoms with Crippen molar-refractivity contribution in [3.8, 4) is 11.4 Å². The topological polar surface area (TPSA) is 60.9 Å². The SMILES string of the molecule is Cc1ccc2c(c1)c(C(=O)c1nc(-c3ccccc3)no1)c(Cl)n2Cc1ccc(Cl)cc1Cl. The molecule has 0 radical (unpaired) electrons. The lowest BCUT2D eigenvalue weighted by atomic mass is 10.1. The summed E-state index contributed by atoms with van der Waals surface area (Å²) in [4.78, 5) is 17.8. The molecule has 0 N–H and O–H groups in total. The number of carbonyl (C=O) groups excluding carboxylic acids is 1. The molecule has 0 atom stereocenters. The Balaban J connectivity index is 1.61. The van der Waals surface area contributed by atoms with Gasteiger partial charge in [0.1, 0.15) is 5.15 Å². The molecule has 0 amide bonds. The smallest absolute Gasteiger partial charge is 0.299 e. The summed E-state index contributed by atoms with van der Waals surface area (Å²) in [6.07, 6.45) is 0. The number of carbonyl (C=O) groups is 1. The van der Waals surface area contributed by atoms with Gasteiger partial charge in [-0.3, -0.25) is 4.79 Å². The largest absolute Gasteiger partial charge is 0.330 e. The average molecular weight is 497 g/mol. The molecule has 0 saturated carbocycles. The van der Waals surface area contributed by atoms with Gasteiger partial charge in [0, 0.05) is 21.0 Å². The first-order valence-electron chi connectivity index (χ1n) is 10.1. The van der Waals surface area contributed by atoms with E-state index in [1.165, 1.54) is 0 Å². The molecular weight excluding hydrogens is 481 g/mol. The Bertz CT molecular complexity index is 1510. The molecule has 5 aromatic rings. The first-order chi connectivity index (χ1) is 15.9. The summed E-state index contributed by atoms with van der Waals surface area (Å²) in [5, 5.41) is 6.00. The van der Waals surface area contributed by atoms with Crippen LogP contribution in [0.2, 0.25) is 15.2 Å². The Hall–Kier alpha value is -3.12. The highest BCUT2D eigenvalue weighted by atomic mass is 35.5. The summed E-state index contributed by atoms with van der Waals surface area (Å²) in [5.74, 6) is -0.227. The lowest BCUT2D eigenvalue weighted by Crippen LogP contribution is -2.04. The second-order valence-corrected chi connectivity index (χ2v) is 8.83. The number of halogens is 3. The second-order valence-electron chi connectivity index (χ2n) is 7.63. The van der Waals surface area contributed by atoms with Gasteiger partial charge in [0.15, 0.2) is 0 Å². The third-order valence-electron chi connectivity index (χ3n) is 5.38. The molecule has 5 rings (SSSR count). The van der Waals surface area contributed by atoms with Gasteiger partial charge < -0.3 is 9.09 Å². The van der Waals surface area contributed by atoms with E-state index in [9.17, 15) is 4.79 Å². The van der Waals surface area contributed by atoms with E-state index >= 15 is 0 Å². The molecule has 2 heterocycles. The van der Waals surface area contributed by atoms with Crippen LogP contribution < -0.4 is 0 Å². The molecule has 0 aliphatic carbocycles. The molecule has 8 heteroatoms. The summed E-state index contributed by atoms with van der Waals surface area (Å²) in [7, 11) is 0. The van der Waals surface area contributed by atoms with Gasteiger partial charge in [0.2, 0.25) is 5.82 Å². The molecule has 164 valence electrons. The molecule has 0 aliphatic rings. The summed E-state index contributed by atoms with van der Waals surface area (Å²) in [6, 6.07) is 20.4. The van der Waals surface area contributed by atoms with E-state index in [-0.39, 0.29) is 11.0 Å². The Morgan fingerprint density at radius 3 is 2.55 bits per heavy atom. The molecule has 5 nitrogen and oxygen atoms in total. The number of hydrogen-bond donors (Lipinski definition) is 0. The van der Waals surface area contributed by atoms with E-state index in [0.29, 0.717) is 33.4 Å². The van der Waals surface area contributed by atoms with E-state index in [1.54, 1.807) is 12.1 Å². The van der Waals surface area contributed by atoms with Gasteiger partial charge in [0.05, 0.1) is 17.6 Å². The Kier molecular flexibility index (Phi) is 5.71. The fraction of sp³-hybridized carbons (Fsp3) is 0.0800. The van der Waals surface area contributed by atoms with Gasteiger partial charge >= 0.3 is 0 Å². The van der Waals surface area contributed by atoms with Crippen molar-refractivity contribution in [2.45, 2.75) is 13.5 Å². The third-order valence-corrected chi connectivity index (χ3v) is 6.36. The highest BCUT2D eigenvalue weighted by molar-refractivity contribution is 6.37. The van der Waals surface area contributed by atoms with Crippen molar-refractivity contribution in [1.29, 1.82) is 0 Å². The predicted octanol–water partition coefficient (Wildman–Crippen LogP) is 7.24. The van der Waals surface area contributed by atoms with Crippen molar-refractivity contribution in [1.82, 2.24) is 14.7 Å². The first-order valence-corrected chi connectivity index (χ1v) is 11.2. The van der Waals surface area contributed by atoms with Crippen LogP contribution in [-0.4, -0.2) is 20.5 Å². The fourth-order valence-corrected chi connectivity index (χ4v) is 4.56. The number of nitrogens with zero attached hydrogens (tertiary/aromatic N) is 3. The molecule has 0 aliphatic heterocycles. The van der Waals surface area contributed by atoms with Crippen LogP contribution in [-0.2, 0) is 6.54 Å². The van der Waals surface area contributed by atoms with Gasteiger partial charge in [0.25, 0.3) is 11.7 Å². The zero-order valence-electron chi connectivity index (χ0n) is 17.3. The third kappa shape index (κ3) is 4.04. The lowest BCUT2D eigenvalue weighted by molar-refractivity contribution is 0.0995. The van der Waals surface area contributed by atoms with Crippen LogP contribution in [0.4, 0.5) is 0 Å². The number of aromatic nitrogens is 3. The van der Waals surface area contributed by atoms with Gasteiger partial charge in [-0.1, -0.05) is 88.0 Å². The molecule has 0 unspecified atom stereocenters. The quantitative estimate of drug-likeness (QED) is 0.241. The lowest BCUT2D eigenvalue weighted by Gasteiger charge is -2.10. The minimum atomic E-state index is -0.439. The number of benzene rings is 3. The van der Waals surface area contributed by atoms with Crippen molar-refractivity contribution in [2.24, 2.45) is 0 Å². The van der Waals surface area contributed by atoms with Gasteiger partial charge in [-0.25, -0.2) is 0 Å². The predicted molar refractivity (Wildman–Crippen MR) is 130 cm³/mol. The van der Waals surface area contributed by atoms with Crippen LogP contribution in [0.1, 0.15) is 27.4 Å². The standard InChI is InChI=1S/C25H16Cl3N3O2/c1-14-7-10-20-18(11-14)21(23(28)31(20)13-16-8-9-17(26)12-19(16)27)22(32)25-29-24(30-33-25)15-5-3-2-4-6-15/h2-12H,13H2,1H3. The fourth-order valence-electron chi connectivity index (χ4n) is 3.76. The molecule has 3 aromatic carbocycles. The van der Waals surface area contributed by atoms with E-state index in [1.807, 2.05) is 66.1 Å². The maximum Gasteiger partial charge on any atom is 0.299 e. The Labute approximate surface area is 204 Å². The minimum absolute atomic E-state index is 0.124. The van der Waals surface area contributed by atoms with E-state index < -0.39 is 5.78 Å². The van der Waals surface area contributed by atoms with Gasteiger partial charge in [-0.15, -0.1) is 0 Å². The zero-order chi connectivity index (χ0) is 23.1. The Morgan fingerprint density at radius 1 is 1.00 bits per heavy atom. The van der Waals surface area contributed by atoms with Crippen LogP contribution in [0.5, 0.6) is 0 Å². The average Bonchev–Trinajstić information content (AvgIpc) is 3.39. The van der Waals surface area contributed by atoms with Gasteiger partial charge in [-0.05, 0) is 36.8 Å². The molecule has 33 heavy (non-hydrogen) atoms. The normalized spacial score (nSPS) is 11.3. The van der Waals surface area contributed by atoms with Gasteiger partial charge in [-0.2, -0.15) is 4.98 Å². The van der Waals surface area contributed by atoms with E-state index in [0.717, 1.165) is 22.2 Å². The molecular formula is C25H16Cl3N3O2. The van der Waals surface area contributed by atoms with Crippen molar-refractivity contribution >= 4 is 51.5 Å². The molecule has 2 aromatic heterocycles. The molecule has 0 bridgehead atoms. The first kappa shape index (κ1) is 21.7. The maximum absolute atomic E-state index is 13.5. The molecule has 0 fully saturated rings. The maximum atomic E-state index is 13.5. The van der Waals surface area contributed by atoms with Crippen molar-refractivity contribution in [2.75, 3.05) is 0 Å².